The summed E-state index contributed by atoms with van der Waals surface area (Å²) < 4.78 is 17.8. The Bertz CT molecular complexity index is 1030. The molecule has 4 heterocycles. The van der Waals surface area contributed by atoms with E-state index in [9.17, 15) is 5.11 Å². The molecule has 1 N–H and O–H groups in total. The molecule has 1 aromatic carbocycles. The van der Waals surface area contributed by atoms with Crippen molar-refractivity contribution in [2.24, 2.45) is 0 Å². The lowest BCUT2D eigenvalue weighted by Crippen LogP contribution is -2.37. The van der Waals surface area contributed by atoms with Gasteiger partial charge in [0, 0.05) is 44.5 Å². The summed E-state index contributed by atoms with van der Waals surface area (Å²) in [5, 5.41) is 9.24. The summed E-state index contributed by atoms with van der Waals surface area (Å²) in [5.74, 6) is 3.30. The Labute approximate surface area is 194 Å². The summed E-state index contributed by atoms with van der Waals surface area (Å²) in [4.78, 5) is 8.96. The van der Waals surface area contributed by atoms with Crippen LogP contribution in [0.3, 0.4) is 0 Å². The van der Waals surface area contributed by atoms with Crippen molar-refractivity contribution in [3.63, 3.8) is 0 Å². The highest BCUT2D eigenvalue weighted by molar-refractivity contribution is 5.38. The molecule has 174 valence electrons. The molecule has 7 heteroatoms. The van der Waals surface area contributed by atoms with E-state index in [2.05, 4.69) is 33.0 Å². The minimum absolute atomic E-state index is 0.0673. The van der Waals surface area contributed by atoms with Gasteiger partial charge in [0.25, 0.3) is 0 Å². The zero-order valence-electron chi connectivity index (χ0n) is 18.9. The third kappa shape index (κ3) is 5.74. The molecule has 0 radical (unpaired) electrons. The number of hydrogen-bond donors (Lipinski definition) is 1. The van der Waals surface area contributed by atoms with Crippen molar-refractivity contribution in [2.75, 3.05) is 26.2 Å². The van der Waals surface area contributed by atoms with Crippen LogP contribution in [-0.2, 0) is 26.2 Å². The lowest BCUT2D eigenvalue weighted by molar-refractivity contribution is 0.0965. The maximum atomic E-state index is 9.24. The van der Waals surface area contributed by atoms with Crippen LogP contribution in [0, 0.1) is 0 Å². The lowest BCUT2D eigenvalue weighted by Gasteiger charge is -2.32. The zero-order valence-corrected chi connectivity index (χ0v) is 18.9. The van der Waals surface area contributed by atoms with Gasteiger partial charge in [-0.3, -0.25) is 14.8 Å². The summed E-state index contributed by atoms with van der Waals surface area (Å²) >= 11 is 0. The van der Waals surface area contributed by atoms with Crippen LogP contribution >= 0.6 is 0 Å². The van der Waals surface area contributed by atoms with E-state index in [1.165, 1.54) is 11.1 Å². The summed E-state index contributed by atoms with van der Waals surface area (Å²) in [6, 6.07) is 14.2. The predicted molar refractivity (Wildman–Crippen MR) is 124 cm³/mol. The lowest BCUT2D eigenvalue weighted by atomic mass is 10.0. The van der Waals surface area contributed by atoms with Crippen molar-refractivity contribution in [1.29, 1.82) is 0 Å². The van der Waals surface area contributed by atoms with Gasteiger partial charge in [0.2, 0.25) is 0 Å². The van der Waals surface area contributed by atoms with Crippen molar-refractivity contribution < 1.29 is 19.0 Å². The Morgan fingerprint density at radius 1 is 1.00 bits per heavy atom. The van der Waals surface area contributed by atoms with Crippen molar-refractivity contribution in [1.82, 2.24) is 14.8 Å². The molecule has 1 fully saturated rings. The number of fused-ring (bicyclic) bond motifs is 1. The first kappa shape index (κ1) is 21.9. The topological polar surface area (TPSA) is 71.2 Å². The number of nitrogens with zero attached hydrogens (tertiary/aromatic N) is 3. The van der Waals surface area contributed by atoms with Crippen LogP contribution in [0.4, 0.5) is 0 Å². The number of piperidine rings is 1. The maximum Gasteiger partial charge on any atom is 0.137 e. The quantitative estimate of drug-likeness (QED) is 0.591. The van der Waals surface area contributed by atoms with E-state index in [-0.39, 0.29) is 12.7 Å². The Hall–Kier alpha value is -2.87. The molecule has 0 unspecified atom stereocenters. The average molecular weight is 450 g/mol. The molecule has 2 aliphatic rings. The third-order valence-corrected chi connectivity index (χ3v) is 6.31. The second kappa shape index (κ2) is 10.4. The summed E-state index contributed by atoms with van der Waals surface area (Å²) in [6.07, 6.45) is 5.85. The second-order valence-corrected chi connectivity index (χ2v) is 8.81. The number of pyridine rings is 1. The van der Waals surface area contributed by atoms with E-state index in [0.29, 0.717) is 18.9 Å². The number of rotatable bonds is 7. The van der Waals surface area contributed by atoms with Gasteiger partial charge in [0.05, 0.1) is 12.7 Å². The molecule has 0 saturated carbocycles. The Kier molecular flexibility index (Phi) is 6.90. The molecule has 0 bridgehead atoms. The number of aromatic nitrogens is 1. The number of aliphatic hydroxyl groups excluding tert-OH is 1. The van der Waals surface area contributed by atoms with Crippen molar-refractivity contribution >= 4 is 0 Å². The van der Waals surface area contributed by atoms with Crippen LogP contribution < -0.4 is 9.47 Å². The minimum Gasteiger partial charge on any atom is -0.492 e. The van der Waals surface area contributed by atoms with E-state index in [0.717, 1.165) is 62.8 Å². The highest BCUT2D eigenvalue weighted by Crippen LogP contribution is 2.27. The largest absolute Gasteiger partial charge is 0.492 e. The SMILES string of the molecule is OCc1ccc(CN2CCOc3ccc(CN4CCC(Oc5cccnc5)CC4)cc3C2)o1. The molecular formula is C26H31N3O4. The second-order valence-electron chi connectivity index (χ2n) is 8.81. The van der Waals surface area contributed by atoms with Gasteiger partial charge in [-0.2, -0.15) is 0 Å². The van der Waals surface area contributed by atoms with Gasteiger partial charge in [-0.15, -0.1) is 0 Å². The van der Waals surface area contributed by atoms with Crippen molar-refractivity contribution in [3.05, 3.63) is 77.5 Å². The zero-order chi connectivity index (χ0) is 22.5. The molecular weight excluding hydrogens is 418 g/mol. The highest BCUT2D eigenvalue weighted by Gasteiger charge is 2.22. The number of hydrogen-bond acceptors (Lipinski definition) is 7. The van der Waals surface area contributed by atoms with E-state index in [1.54, 1.807) is 12.4 Å². The molecule has 3 aromatic rings. The van der Waals surface area contributed by atoms with Gasteiger partial charge in [0.1, 0.15) is 42.3 Å². The Morgan fingerprint density at radius 3 is 2.67 bits per heavy atom. The third-order valence-electron chi connectivity index (χ3n) is 6.31. The fourth-order valence-corrected chi connectivity index (χ4v) is 4.60. The van der Waals surface area contributed by atoms with Gasteiger partial charge < -0.3 is 19.0 Å². The van der Waals surface area contributed by atoms with Crippen molar-refractivity contribution in [2.45, 2.75) is 45.2 Å². The monoisotopic (exact) mass is 449 g/mol. The first-order chi connectivity index (χ1) is 16.2. The Morgan fingerprint density at radius 2 is 1.88 bits per heavy atom. The number of benzene rings is 1. The summed E-state index contributed by atoms with van der Waals surface area (Å²) in [5.41, 5.74) is 2.53. The minimum atomic E-state index is -0.0673. The molecule has 2 aliphatic heterocycles. The van der Waals surface area contributed by atoms with Crippen molar-refractivity contribution in [3.8, 4) is 11.5 Å². The van der Waals surface area contributed by atoms with Crippen LogP contribution in [0.15, 0.2) is 59.3 Å². The molecule has 0 atom stereocenters. The fraction of sp³-hybridized carbons (Fsp3) is 0.423. The van der Waals surface area contributed by atoms with Crippen LogP contribution in [0.2, 0.25) is 0 Å². The van der Waals surface area contributed by atoms with E-state index < -0.39 is 0 Å². The highest BCUT2D eigenvalue weighted by atomic mass is 16.5. The molecule has 33 heavy (non-hydrogen) atoms. The molecule has 7 nitrogen and oxygen atoms in total. The number of ether oxygens (including phenoxy) is 2. The standard InChI is InChI=1S/C26H31N3O4/c30-19-25-5-4-24(33-25)18-29-12-13-31-26-6-3-20(14-21(26)17-29)16-28-10-7-22(8-11-28)32-23-2-1-9-27-15-23/h1-6,9,14-15,22,30H,7-8,10-13,16-19H2. The van der Waals surface area contributed by atoms with Gasteiger partial charge in [-0.25, -0.2) is 0 Å². The van der Waals surface area contributed by atoms with Crippen LogP contribution in [0.1, 0.15) is 35.5 Å². The first-order valence-electron chi connectivity index (χ1n) is 11.7. The van der Waals surface area contributed by atoms with Crippen LogP contribution in [0.25, 0.3) is 0 Å². The number of likely N-dealkylation sites (tertiary alicyclic amines) is 1. The summed E-state index contributed by atoms with van der Waals surface area (Å²) in [6.45, 7) is 5.94. The molecule has 0 aliphatic carbocycles. The summed E-state index contributed by atoms with van der Waals surface area (Å²) in [7, 11) is 0. The van der Waals surface area contributed by atoms with E-state index in [4.69, 9.17) is 13.9 Å². The van der Waals surface area contributed by atoms with Gasteiger partial charge >= 0.3 is 0 Å². The average Bonchev–Trinajstić information content (AvgIpc) is 3.20. The molecule has 1 saturated heterocycles. The fourth-order valence-electron chi connectivity index (χ4n) is 4.60. The van der Waals surface area contributed by atoms with Crippen LogP contribution in [0.5, 0.6) is 11.5 Å². The first-order valence-corrected chi connectivity index (χ1v) is 11.7. The molecule has 0 amide bonds. The predicted octanol–water partition coefficient (Wildman–Crippen LogP) is 3.60. The molecule has 2 aromatic heterocycles. The van der Waals surface area contributed by atoms with Gasteiger partial charge in [-0.1, -0.05) is 6.07 Å². The maximum absolute atomic E-state index is 9.24. The van der Waals surface area contributed by atoms with E-state index in [1.807, 2.05) is 24.3 Å². The van der Waals surface area contributed by atoms with Crippen LogP contribution in [-0.4, -0.2) is 52.2 Å². The molecule has 5 rings (SSSR count). The number of aliphatic hydroxyl groups is 1. The van der Waals surface area contributed by atoms with Gasteiger partial charge in [-0.05, 0) is 54.8 Å². The van der Waals surface area contributed by atoms with E-state index >= 15 is 0 Å². The normalized spacial score (nSPS) is 17.8. The van der Waals surface area contributed by atoms with Gasteiger partial charge in [0.15, 0.2) is 0 Å². The molecule has 0 spiro atoms. The number of furan rings is 1. The Balaban J connectivity index is 1.17. The smallest absolute Gasteiger partial charge is 0.137 e.